The highest BCUT2D eigenvalue weighted by molar-refractivity contribution is 7.91. The number of rotatable bonds is 4. The summed E-state index contributed by atoms with van der Waals surface area (Å²) in [5.41, 5.74) is 6.70. The van der Waals surface area contributed by atoms with E-state index in [0.29, 0.717) is 12.8 Å². The van der Waals surface area contributed by atoms with Crippen molar-refractivity contribution in [2.45, 2.75) is 29.1 Å². The molecule has 0 spiro atoms. The first-order valence-electron chi connectivity index (χ1n) is 5.23. The maximum absolute atomic E-state index is 12.1. The summed E-state index contributed by atoms with van der Waals surface area (Å²) in [4.78, 5) is 15.1. The quantitative estimate of drug-likeness (QED) is 0.760. The Morgan fingerprint density at radius 1 is 1.58 bits per heavy atom. The number of carbonyl (C=O) groups excluding carboxylic acids is 1. The van der Waals surface area contributed by atoms with Gasteiger partial charge in [-0.25, -0.2) is 22.9 Å². The van der Waals surface area contributed by atoms with Gasteiger partial charge < -0.3 is 10.5 Å². The van der Waals surface area contributed by atoms with Gasteiger partial charge in [-0.1, -0.05) is 0 Å². The Kier molecular flexibility index (Phi) is 5.27. The predicted molar refractivity (Wildman–Crippen MR) is 72.0 cm³/mol. The molecule has 0 radical (unpaired) electrons. The fourth-order valence-corrected chi connectivity index (χ4v) is 4.10. The van der Waals surface area contributed by atoms with E-state index in [2.05, 4.69) is 14.4 Å². The van der Waals surface area contributed by atoms with Crippen molar-refractivity contribution in [3.05, 3.63) is 11.2 Å². The molecule has 1 saturated carbocycles. The zero-order valence-corrected chi connectivity index (χ0v) is 12.5. The molecule has 0 aliphatic heterocycles. The molecule has 0 saturated heterocycles. The number of halogens is 1. The van der Waals surface area contributed by atoms with Crippen LogP contribution in [0.4, 0.5) is 0 Å². The average molecular weight is 328 g/mol. The number of nitrogens with zero attached hydrogens (tertiary/aromatic N) is 1. The maximum Gasteiger partial charge on any atom is 0.358 e. The molecule has 0 amide bonds. The lowest BCUT2D eigenvalue weighted by atomic mass is 9.89. The average Bonchev–Trinajstić information content (AvgIpc) is 2.75. The van der Waals surface area contributed by atoms with E-state index in [1.54, 1.807) is 0 Å². The molecule has 0 atom stereocenters. The molecule has 1 fully saturated rings. The van der Waals surface area contributed by atoms with E-state index < -0.39 is 16.0 Å². The second-order valence-corrected chi connectivity index (χ2v) is 6.79. The zero-order valence-electron chi connectivity index (χ0n) is 10.0. The molecule has 108 valence electrons. The normalized spacial score (nSPS) is 22.2. The first kappa shape index (κ1) is 16.3. The van der Waals surface area contributed by atoms with Gasteiger partial charge in [0.15, 0.2) is 9.90 Å². The third-order valence-electron chi connectivity index (χ3n) is 2.65. The molecule has 0 unspecified atom stereocenters. The molecule has 1 aromatic heterocycles. The van der Waals surface area contributed by atoms with Crippen LogP contribution in [0.1, 0.15) is 23.3 Å². The van der Waals surface area contributed by atoms with Crippen LogP contribution in [0, 0.1) is 0 Å². The fraction of sp³-hybridized carbons (Fsp3) is 0.556. The lowest BCUT2D eigenvalue weighted by Gasteiger charge is -2.32. The predicted octanol–water partition coefficient (Wildman–Crippen LogP) is 0.119. The number of carbonyl (C=O) groups is 1. The number of ether oxygens (including phenoxy) is 1. The number of aromatic nitrogens is 1. The van der Waals surface area contributed by atoms with Gasteiger partial charge in [-0.05, 0) is 12.8 Å². The standard InChI is InChI=1S/C9H13N3O4S2.ClH/c1-16-8(13)7-9(17-4-11-7)18(14,15)12-6-2-5(10)3-6;/h4-6,12H,2-3,10H2,1H3;1H. The molecule has 19 heavy (non-hydrogen) atoms. The molecule has 0 bridgehead atoms. The topological polar surface area (TPSA) is 111 Å². The van der Waals surface area contributed by atoms with E-state index in [1.165, 1.54) is 12.6 Å². The van der Waals surface area contributed by atoms with E-state index in [1.807, 2.05) is 0 Å². The van der Waals surface area contributed by atoms with Crippen LogP contribution >= 0.6 is 23.7 Å². The molecule has 10 heteroatoms. The smallest absolute Gasteiger partial charge is 0.358 e. The molecule has 0 aromatic carbocycles. The highest BCUT2D eigenvalue weighted by Gasteiger charge is 2.33. The van der Waals surface area contributed by atoms with Crippen molar-refractivity contribution in [1.82, 2.24) is 9.71 Å². The Hall–Kier alpha value is -0.740. The summed E-state index contributed by atoms with van der Waals surface area (Å²) in [6.45, 7) is 0. The lowest BCUT2D eigenvalue weighted by Crippen LogP contribution is -2.50. The molecule has 7 nitrogen and oxygen atoms in total. The highest BCUT2D eigenvalue weighted by Crippen LogP contribution is 2.24. The third-order valence-corrected chi connectivity index (χ3v) is 5.54. The second-order valence-electron chi connectivity index (χ2n) is 4.03. The van der Waals surface area contributed by atoms with E-state index in [4.69, 9.17) is 5.73 Å². The fourth-order valence-electron chi connectivity index (χ4n) is 1.69. The van der Waals surface area contributed by atoms with Crippen LogP contribution < -0.4 is 10.5 Å². The van der Waals surface area contributed by atoms with E-state index >= 15 is 0 Å². The van der Waals surface area contributed by atoms with Crippen LogP contribution in [-0.4, -0.2) is 38.6 Å². The van der Waals surface area contributed by atoms with E-state index in [0.717, 1.165) is 11.3 Å². The van der Waals surface area contributed by atoms with E-state index in [9.17, 15) is 13.2 Å². The summed E-state index contributed by atoms with van der Waals surface area (Å²) < 4.78 is 31.0. The Morgan fingerprint density at radius 2 is 2.21 bits per heavy atom. The number of hydrogen-bond acceptors (Lipinski definition) is 7. The summed E-state index contributed by atoms with van der Waals surface area (Å²) in [6, 6.07) is -0.128. The molecule has 1 aliphatic carbocycles. The van der Waals surface area contributed by atoms with Gasteiger partial charge in [-0.15, -0.1) is 23.7 Å². The van der Waals surface area contributed by atoms with Gasteiger partial charge >= 0.3 is 5.97 Å². The first-order valence-corrected chi connectivity index (χ1v) is 7.60. The lowest BCUT2D eigenvalue weighted by molar-refractivity contribution is 0.0590. The highest BCUT2D eigenvalue weighted by atomic mass is 35.5. The Morgan fingerprint density at radius 3 is 2.74 bits per heavy atom. The summed E-state index contributed by atoms with van der Waals surface area (Å²) in [6.07, 6.45) is 1.21. The van der Waals surface area contributed by atoms with Gasteiger partial charge in [-0.3, -0.25) is 0 Å². The van der Waals surface area contributed by atoms with Crippen LogP contribution in [0.2, 0.25) is 0 Å². The van der Waals surface area contributed by atoms with Crippen molar-refractivity contribution < 1.29 is 17.9 Å². The number of hydrogen-bond donors (Lipinski definition) is 2. The molecular formula is C9H14ClN3O4S2. The monoisotopic (exact) mass is 327 g/mol. The second kappa shape index (κ2) is 6.14. The minimum absolute atomic E-state index is 0. The van der Waals surface area contributed by atoms with Crippen LogP contribution in [0.15, 0.2) is 9.72 Å². The number of nitrogens with one attached hydrogen (secondary N) is 1. The SMILES string of the molecule is COC(=O)c1ncsc1S(=O)(=O)NC1CC(N)C1.Cl. The zero-order chi connectivity index (χ0) is 13.3. The summed E-state index contributed by atoms with van der Waals surface area (Å²) in [5, 5.41) is 0. The Balaban J connectivity index is 0.00000180. The molecule has 2 rings (SSSR count). The number of sulfonamides is 1. The first-order chi connectivity index (χ1) is 8.44. The van der Waals surface area contributed by atoms with Crippen LogP contribution in [0.3, 0.4) is 0 Å². The van der Waals surface area contributed by atoms with Gasteiger partial charge in [0.2, 0.25) is 0 Å². The molecular weight excluding hydrogens is 314 g/mol. The molecule has 1 aromatic rings. The van der Waals surface area contributed by atoms with Crippen molar-refractivity contribution in [3.63, 3.8) is 0 Å². The van der Waals surface area contributed by atoms with E-state index in [-0.39, 0.29) is 34.4 Å². The van der Waals surface area contributed by atoms with Gasteiger partial charge in [0, 0.05) is 12.1 Å². The van der Waals surface area contributed by atoms with Crippen molar-refractivity contribution in [2.24, 2.45) is 5.73 Å². The minimum atomic E-state index is -3.74. The van der Waals surface area contributed by atoms with Crippen molar-refractivity contribution in [2.75, 3.05) is 7.11 Å². The number of nitrogens with two attached hydrogens (primary N) is 1. The van der Waals surface area contributed by atoms with Crippen molar-refractivity contribution >= 4 is 39.7 Å². The Labute approximate surface area is 121 Å². The third kappa shape index (κ3) is 3.42. The van der Waals surface area contributed by atoms with Crippen molar-refractivity contribution in [3.8, 4) is 0 Å². The molecule has 3 N–H and O–H groups in total. The number of methoxy groups -OCH3 is 1. The largest absolute Gasteiger partial charge is 0.464 e. The van der Waals surface area contributed by atoms with Crippen LogP contribution in [-0.2, 0) is 14.8 Å². The number of esters is 1. The minimum Gasteiger partial charge on any atom is -0.464 e. The summed E-state index contributed by atoms with van der Waals surface area (Å²) in [5.74, 6) is -0.762. The molecule has 1 heterocycles. The Bertz CT molecular complexity index is 554. The van der Waals surface area contributed by atoms with Crippen LogP contribution in [0.5, 0.6) is 0 Å². The van der Waals surface area contributed by atoms with Crippen molar-refractivity contribution in [1.29, 1.82) is 0 Å². The van der Waals surface area contributed by atoms with Gasteiger partial charge in [0.1, 0.15) is 0 Å². The summed E-state index contributed by atoms with van der Waals surface area (Å²) in [7, 11) is -2.56. The maximum atomic E-state index is 12.1. The van der Waals surface area contributed by atoms with Crippen LogP contribution in [0.25, 0.3) is 0 Å². The van der Waals surface area contributed by atoms with Gasteiger partial charge in [-0.2, -0.15) is 0 Å². The summed E-state index contributed by atoms with van der Waals surface area (Å²) >= 11 is 0.884. The molecule has 1 aliphatic rings. The van der Waals surface area contributed by atoms with Gasteiger partial charge in [0.05, 0.1) is 12.6 Å². The number of thiazole rings is 1. The van der Waals surface area contributed by atoms with Gasteiger partial charge in [0.25, 0.3) is 10.0 Å².